The topological polar surface area (TPSA) is 49.4 Å². The molecule has 1 aliphatic heterocycles. The van der Waals surface area contributed by atoms with Gasteiger partial charge in [-0.2, -0.15) is 0 Å². The molecule has 2 rings (SSSR count). The molecule has 126 valence electrons. The molecule has 0 aromatic heterocycles. The molecule has 1 aromatic carbocycles. The van der Waals surface area contributed by atoms with Crippen molar-refractivity contribution in [2.24, 2.45) is 0 Å². The van der Waals surface area contributed by atoms with Gasteiger partial charge in [-0.05, 0) is 18.6 Å². The highest BCUT2D eigenvalue weighted by molar-refractivity contribution is 6.38. The first kappa shape index (κ1) is 18.1. The SMILES string of the molecule is CCCCCCCN1C(=O)C(NC(C)=O)c2c(Cl)ccc(Cl)c21. The van der Waals surface area contributed by atoms with Crippen molar-refractivity contribution >= 4 is 40.7 Å². The van der Waals surface area contributed by atoms with Gasteiger partial charge in [0.15, 0.2) is 0 Å². The Kier molecular flexibility index (Phi) is 6.31. The van der Waals surface area contributed by atoms with E-state index in [9.17, 15) is 9.59 Å². The predicted octanol–water partition coefficient (Wildman–Crippen LogP) is 4.49. The van der Waals surface area contributed by atoms with Gasteiger partial charge in [0.05, 0.1) is 10.7 Å². The number of hydrogen-bond acceptors (Lipinski definition) is 2. The van der Waals surface area contributed by atoms with Gasteiger partial charge in [-0.3, -0.25) is 9.59 Å². The second-order valence-electron chi connectivity index (χ2n) is 5.83. The molecule has 1 atom stereocenters. The van der Waals surface area contributed by atoms with Gasteiger partial charge in [0.25, 0.3) is 5.91 Å². The Morgan fingerprint density at radius 2 is 1.83 bits per heavy atom. The normalized spacial score (nSPS) is 16.6. The lowest BCUT2D eigenvalue weighted by atomic mass is 10.1. The van der Waals surface area contributed by atoms with Crippen LogP contribution in [0.25, 0.3) is 0 Å². The molecule has 1 aromatic rings. The highest BCUT2D eigenvalue weighted by atomic mass is 35.5. The van der Waals surface area contributed by atoms with Crippen LogP contribution in [0.1, 0.15) is 57.6 Å². The Hall–Kier alpha value is -1.26. The van der Waals surface area contributed by atoms with E-state index in [0.29, 0.717) is 27.8 Å². The van der Waals surface area contributed by atoms with E-state index in [1.54, 1.807) is 17.0 Å². The molecule has 2 amide bonds. The summed E-state index contributed by atoms with van der Waals surface area (Å²) in [6, 6.07) is 2.61. The first-order chi connectivity index (χ1) is 11.0. The molecule has 4 nitrogen and oxygen atoms in total. The van der Waals surface area contributed by atoms with Crippen LogP contribution in [0.3, 0.4) is 0 Å². The predicted molar refractivity (Wildman–Crippen MR) is 94.1 cm³/mol. The molecule has 1 N–H and O–H groups in total. The summed E-state index contributed by atoms with van der Waals surface area (Å²) in [7, 11) is 0. The summed E-state index contributed by atoms with van der Waals surface area (Å²) < 4.78 is 0. The third kappa shape index (κ3) is 3.99. The van der Waals surface area contributed by atoms with Crippen molar-refractivity contribution in [3.63, 3.8) is 0 Å². The maximum atomic E-state index is 12.7. The van der Waals surface area contributed by atoms with Gasteiger partial charge in [-0.1, -0.05) is 55.8 Å². The van der Waals surface area contributed by atoms with Crippen LogP contribution in [0.4, 0.5) is 5.69 Å². The molecule has 0 aliphatic carbocycles. The average molecular weight is 357 g/mol. The Morgan fingerprint density at radius 1 is 1.17 bits per heavy atom. The standard InChI is InChI=1S/C17H22Cl2N2O2/c1-3-4-5-6-7-10-21-16-13(19)9-8-12(18)14(16)15(17(21)23)20-11(2)22/h8-9,15H,3-7,10H2,1-2H3,(H,20,22). The summed E-state index contributed by atoms with van der Waals surface area (Å²) >= 11 is 12.6. The summed E-state index contributed by atoms with van der Waals surface area (Å²) in [5, 5.41) is 3.62. The van der Waals surface area contributed by atoms with Gasteiger partial charge in [0.1, 0.15) is 6.04 Å². The smallest absolute Gasteiger partial charge is 0.254 e. The van der Waals surface area contributed by atoms with Crippen molar-refractivity contribution < 1.29 is 9.59 Å². The van der Waals surface area contributed by atoms with Crippen LogP contribution in [0, 0.1) is 0 Å². The maximum absolute atomic E-state index is 12.7. The van der Waals surface area contributed by atoms with E-state index in [2.05, 4.69) is 12.2 Å². The lowest BCUT2D eigenvalue weighted by molar-refractivity contribution is -0.126. The zero-order valence-electron chi connectivity index (χ0n) is 13.5. The van der Waals surface area contributed by atoms with Crippen molar-refractivity contribution in [3.05, 3.63) is 27.7 Å². The summed E-state index contributed by atoms with van der Waals surface area (Å²) in [6.45, 7) is 4.14. The summed E-state index contributed by atoms with van der Waals surface area (Å²) in [6.07, 6.45) is 5.50. The molecular formula is C17H22Cl2N2O2. The zero-order valence-corrected chi connectivity index (χ0v) is 15.0. The van der Waals surface area contributed by atoms with Crippen LogP contribution in [0.5, 0.6) is 0 Å². The van der Waals surface area contributed by atoms with Crippen molar-refractivity contribution in [1.82, 2.24) is 5.32 Å². The van der Waals surface area contributed by atoms with Crippen molar-refractivity contribution in [1.29, 1.82) is 0 Å². The van der Waals surface area contributed by atoms with E-state index in [4.69, 9.17) is 23.2 Å². The number of benzene rings is 1. The second-order valence-corrected chi connectivity index (χ2v) is 6.64. The molecule has 0 bridgehead atoms. The number of nitrogens with one attached hydrogen (secondary N) is 1. The number of hydrogen-bond donors (Lipinski definition) is 1. The quantitative estimate of drug-likeness (QED) is 0.731. The average Bonchev–Trinajstić information content (AvgIpc) is 2.77. The van der Waals surface area contributed by atoms with Crippen molar-refractivity contribution in [2.45, 2.75) is 52.0 Å². The summed E-state index contributed by atoms with van der Waals surface area (Å²) in [5.41, 5.74) is 1.24. The number of rotatable bonds is 7. The molecule has 23 heavy (non-hydrogen) atoms. The Morgan fingerprint density at radius 3 is 2.48 bits per heavy atom. The Bertz CT molecular complexity index is 605. The van der Waals surface area contributed by atoms with E-state index in [1.165, 1.54) is 19.8 Å². The number of carbonyl (C=O) groups is 2. The number of amides is 2. The van der Waals surface area contributed by atoms with Crippen LogP contribution in [0.2, 0.25) is 10.0 Å². The lowest BCUT2D eigenvalue weighted by Crippen LogP contribution is -2.37. The summed E-state index contributed by atoms with van der Waals surface area (Å²) in [5.74, 6) is -0.434. The third-order valence-corrected chi connectivity index (χ3v) is 4.65. The largest absolute Gasteiger partial charge is 0.341 e. The van der Waals surface area contributed by atoms with E-state index in [1.807, 2.05) is 0 Å². The van der Waals surface area contributed by atoms with Gasteiger partial charge in [0, 0.05) is 24.1 Å². The van der Waals surface area contributed by atoms with Crippen LogP contribution in [0.15, 0.2) is 12.1 Å². The summed E-state index contributed by atoms with van der Waals surface area (Å²) in [4.78, 5) is 25.8. The number of fused-ring (bicyclic) bond motifs is 1. The highest BCUT2D eigenvalue weighted by Gasteiger charge is 2.40. The first-order valence-corrected chi connectivity index (χ1v) is 8.79. The highest BCUT2D eigenvalue weighted by Crippen LogP contribution is 2.45. The number of nitrogens with zero attached hydrogens (tertiary/aromatic N) is 1. The molecule has 1 heterocycles. The van der Waals surface area contributed by atoms with Crippen molar-refractivity contribution in [2.75, 3.05) is 11.4 Å². The number of unbranched alkanes of at least 4 members (excludes halogenated alkanes) is 4. The minimum absolute atomic E-state index is 0.166. The van der Waals surface area contributed by atoms with Crippen molar-refractivity contribution in [3.8, 4) is 0 Å². The van der Waals surface area contributed by atoms with E-state index in [-0.39, 0.29) is 11.8 Å². The minimum Gasteiger partial charge on any atom is -0.341 e. The monoisotopic (exact) mass is 356 g/mol. The number of anilines is 1. The van der Waals surface area contributed by atoms with Gasteiger partial charge in [0.2, 0.25) is 5.91 Å². The van der Waals surface area contributed by atoms with Crippen LogP contribution < -0.4 is 10.2 Å². The fourth-order valence-electron chi connectivity index (χ4n) is 2.93. The first-order valence-electron chi connectivity index (χ1n) is 8.03. The Labute approximate surface area is 147 Å². The van der Waals surface area contributed by atoms with Crippen LogP contribution >= 0.6 is 23.2 Å². The van der Waals surface area contributed by atoms with Crippen LogP contribution in [-0.2, 0) is 9.59 Å². The van der Waals surface area contributed by atoms with Gasteiger partial charge >= 0.3 is 0 Å². The molecule has 0 spiro atoms. The molecule has 0 fully saturated rings. The number of carbonyl (C=O) groups excluding carboxylic acids is 2. The molecule has 0 saturated heterocycles. The second kappa shape index (κ2) is 8.02. The van der Waals surface area contributed by atoms with Gasteiger partial charge < -0.3 is 10.2 Å². The van der Waals surface area contributed by atoms with Gasteiger partial charge in [-0.25, -0.2) is 0 Å². The van der Waals surface area contributed by atoms with Crippen LogP contribution in [-0.4, -0.2) is 18.4 Å². The molecular weight excluding hydrogens is 335 g/mol. The van der Waals surface area contributed by atoms with E-state index >= 15 is 0 Å². The number of halogens is 2. The fourth-order valence-corrected chi connectivity index (χ4v) is 3.46. The Balaban J connectivity index is 2.22. The molecule has 6 heteroatoms. The fraction of sp³-hybridized carbons (Fsp3) is 0.529. The molecule has 1 aliphatic rings. The van der Waals surface area contributed by atoms with Gasteiger partial charge in [-0.15, -0.1) is 0 Å². The van der Waals surface area contributed by atoms with E-state index in [0.717, 1.165) is 19.3 Å². The lowest BCUT2D eigenvalue weighted by Gasteiger charge is -2.19. The zero-order chi connectivity index (χ0) is 17.0. The molecule has 0 radical (unpaired) electrons. The molecule has 0 saturated carbocycles. The minimum atomic E-state index is -0.746. The van der Waals surface area contributed by atoms with E-state index < -0.39 is 6.04 Å². The third-order valence-electron chi connectivity index (χ3n) is 4.02. The molecule has 1 unspecified atom stereocenters. The maximum Gasteiger partial charge on any atom is 0.254 e.